The van der Waals surface area contributed by atoms with Crippen LogP contribution in [0.1, 0.15) is 42.1 Å². The molecule has 0 spiro atoms. The van der Waals surface area contributed by atoms with Crippen molar-refractivity contribution >= 4 is 16.9 Å². The van der Waals surface area contributed by atoms with Crippen LogP contribution >= 0.6 is 0 Å². The molecule has 1 aromatic heterocycles. The van der Waals surface area contributed by atoms with Crippen LogP contribution in [0.3, 0.4) is 0 Å². The molecule has 0 N–H and O–H groups in total. The molecular weight excluding hydrogens is 486 g/mol. The van der Waals surface area contributed by atoms with E-state index in [0.717, 1.165) is 79.2 Å². The molecule has 202 valence electrons. The molecule has 0 radical (unpaired) electrons. The molecule has 1 atom stereocenters. The van der Waals surface area contributed by atoms with Crippen molar-refractivity contribution in [1.29, 1.82) is 0 Å². The fourth-order valence-corrected chi connectivity index (χ4v) is 5.39. The Kier molecular flexibility index (Phi) is 8.61. The number of unbranched alkanes of at least 4 members (excludes halogenated alkanes) is 1. The molecule has 6 heteroatoms. The molecule has 4 aromatic rings. The number of likely N-dealkylation sites (tertiary alicyclic amines) is 1. The van der Waals surface area contributed by atoms with Crippen molar-refractivity contribution in [3.63, 3.8) is 0 Å². The molecule has 1 aliphatic rings. The number of carbonyl (C=O) groups excluding carboxylic acids is 1. The van der Waals surface area contributed by atoms with Crippen LogP contribution in [0.4, 0.5) is 0 Å². The molecule has 0 bridgehead atoms. The van der Waals surface area contributed by atoms with Crippen molar-refractivity contribution in [2.75, 3.05) is 26.8 Å². The van der Waals surface area contributed by atoms with Gasteiger partial charge in [-0.05, 0) is 61.1 Å². The maximum atomic E-state index is 12.9. The zero-order valence-corrected chi connectivity index (χ0v) is 22.7. The van der Waals surface area contributed by atoms with Crippen LogP contribution in [0.25, 0.3) is 11.0 Å². The Balaban J connectivity index is 1.21. The number of imidazole rings is 1. The average molecular weight is 524 g/mol. The van der Waals surface area contributed by atoms with Crippen LogP contribution in [-0.2, 0) is 24.2 Å². The van der Waals surface area contributed by atoms with Gasteiger partial charge in [-0.1, -0.05) is 54.6 Å². The quantitative estimate of drug-likeness (QED) is 0.155. The lowest BCUT2D eigenvalue weighted by Gasteiger charge is -2.17. The third-order valence-electron chi connectivity index (χ3n) is 7.42. The fourth-order valence-electron chi connectivity index (χ4n) is 5.39. The van der Waals surface area contributed by atoms with Crippen LogP contribution in [-0.4, -0.2) is 47.2 Å². The third kappa shape index (κ3) is 6.33. The lowest BCUT2D eigenvalue weighted by atomic mass is 10.1. The highest BCUT2D eigenvalue weighted by molar-refractivity contribution is 5.81. The average Bonchev–Trinajstić information content (AvgIpc) is 3.52. The number of para-hydroxylation sites is 2. The molecule has 6 nitrogen and oxygen atoms in total. The molecule has 1 unspecified atom stereocenters. The lowest BCUT2D eigenvalue weighted by Crippen LogP contribution is -2.27. The summed E-state index contributed by atoms with van der Waals surface area (Å²) < 4.78 is 13.9. The largest absolute Gasteiger partial charge is 0.493 e. The first-order valence-electron chi connectivity index (χ1n) is 13.8. The zero-order chi connectivity index (χ0) is 27.0. The Morgan fingerprint density at radius 2 is 1.79 bits per heavy atom. The predicted molar refractivity (Wildman–Crippen MR) is 155 cm³/mol. The second-order valence-electron chi connectivity index (χ2n) is 10.1. The van der Waals surface area contributed by atoms with Gasteiger partial charge >= 0.3 is 0 Å². The Morgan fingerprint density at radius 1 is 0.974 bits per heavy atom. The number of rotatable bonds is 13. The first-order valence-corrected chi connectivity index (χ1v) is 13.8. The number of aryl methyl sites for hydroxylation is 1. The molecule has 0 saturated carbocycles. The number of methoxy groups -OCH3 is 1. The van der Waals surface area contributed by atoms with Gasteiger partial charge in [0.2, 0.25) is 5.91 Å². The molecule has 1 fully saturated rings. The van der Waals surface area contributed by atoms with E-state index in [2.05, 4.69) is 47.5 Å². The van der Waals surface area contributed by atoms with E-state index in [9.17, 15) is 4.79 Å². The van der Waals surface area contributed by atoms with Crippen LogP contribution < -0.4 is 9.47 Å². The minimum Gasteiger partial charge on any atom is -0.493 e. The van der Waals surface area contributed by atoms with Crippen LogP contribution in [0.5, 0.6) is 11.5 Å². The van der Waals surface area contributed by atoms with E-state index in [-0.39, 0.29) is 11.8 Å². The lowest BCUT2D eigenvalue weighted by molar-refractivity contribution is -0.127. The van der Waals surface area contributed by atoms with Crippen molar-refractivity contribution in [2.45, 2.75) is 44.6 Å². The van der Waals surface area contributed by atoms with Gasteiger partial charge in [0.1, 0.15) is 5.82 Å². The van der Waals surface area contributed by atoms with Crippen LogP contribution in [0.15, 0.2) is 85.5 Å². The van der Waals surface area contributed by atoms with Gasteiger partial charge in [-0.3, -0.25) is 4.79 Å². The number of amides is 1. The molecule has 39 heavy (non-hydrogen) atoms. The number of aromatic nitrogens is 2. The van der Waals surface area contributed by atoms with Crippen molar-refractivity contribution in [1.82, 2.24) is 14.5 Å². The second-order valence-corrected chi connectivity index (χ2v) is 10.1. The highest BCUT2D eigenvalue weighted by Crippen LogP contribution is 2.31. The van der Waals surface area contributed by atoms with Gasteiger partial charge in [-0.2, -0.15) is 0 Å². The fraction of sp³-hybridized carbons (Fsp3) is 0.333. The smallest absolute Gasteiger partial charge is 0.223 e. The second kappa shape index (κ2) is 12.7. The van der Waals surface area contributed by atoms with E-state index in [0.29, 0.717) is 13.0 Å². The number of fused-ring (bicyclic) bond motifs is 1. The number of ether oxygens (including phenoxy) is 2. The summed E-state index contributed by atoms with van der Waals surface area (Å²) >= 11 is 0. The summed E-state index contributed by atoms with van der Waals surface area (Å²) in [5.41, 5.74) is 4.53. The standard InChI is InChI=1S/C33H37N3O3/c1-3-11-26-16-17-30(31(22-26)38-2)39-21-10-9-19-36-29-15-8-7-14-28(29)34-33(36)27-23-32(37)35(24-27)20-18-25-12-5-4-6-13-25/h3-8,12-17,22,27H,1,9-11,18-21,23-24H2,2H3. The molecule has 2 heterocycles. The van der Waals surface area contributed by atoms with E-state index in [4.69, 9.17) is 14.5 Å². The summed E-state index contributed by atoms with van der Waals surface area (Å²) in [4.78, 5) is 19.9. The Labute approximate surface area is 230 Å². The first kappa shape index (κ1) is 26.5. The van der Waals surface area contributed by atoms with E-state index in [1.165, 1.54) is 5.56 Å². The SMILES string of the molecule is C=CCc1ccc(OCCCCn2c(C3CC(=O)N(CCc4ccccc4)C3)nc3ccccc32)c(OC)c1. The number of allylic oxidation sites excluding steroid dienone is 1. The summed E-state index contributed by atoms with van der Waals surface area (Å²) in [6.45, 7) is 6.71. The third-order valence-corrected chi connectivity index (χ3v) is 7.42. The molecule has 1 saturated heterocycles. The van der Waals surface area contributed by atoms with Gasteiger partial charge in [-0.25, -0.2) is 4.98 Å². The highest BCUT2D eigenvalue weighted by Gasteiger charge is 2.33. The maximum Gasteiger partial charge on any atom is 0.223 e. The predicted octanol–water partition coefficient (Wildman–Crippen LogP) is 6.19. The summed E-state index contributed by atoms with van der Waals surface area (Å²) in [6, 6.07) is 24.7. The van der Waals surface area contributed by atoms with Gasteiger partial charge in [0.05, 0.1) is 24.8 Å². The van der Waals surface area contributed by atoms with E-state index >= 15 is 0 Å². The molecule has 3 aromatic carbocycles. The maximum absolute atomic E-state index is 12.9. The summed E-state index contributed by atoms with van der Waals surface area (Å²) in [5.74, 6) is 2.86. The Bertz CT molecular complexity index is 1410. The van der Waals surface area contributed by atoms with Crippen molar-refractivity contribution in [3.8, 4) is 11.5 Å². The number of nitrogens with zero attached hydrogens (tertiary/aromatic N) is 3. The Morgan fingerprint density at radius 3 is 2.62 bits per heavy atom. The van der Waals surface area contributed by atoms with E-state index in [1.807, 2.05) is 47.4 Å². The number of hydrogen-bond donors (Lipinski definition) is 0. The first-order chi connectivity index (χ1) is 19.2. The van der Waals surface area contributed by atoms with Gasteiger partial charge in [0.15, 0.2) is 11.5 Å². The van der Waals surface area contributed by atoms with Crippen molar-refractivity contribution in [3.05, 3.63) is 102 Å². The zero-order valence-electron chi connectivity index (χ0n) is 22.7. The minimum absolute atomic E-state index is 0.107. The summed E-state index contributed by atoms with van der Waals surface area (Å²) in [7, 11) is 1.67. The van der Waals surface area contributed by atoms with Gasteiger partial charge in [0, 0.05) is 32.0 Å². The number of carbonyl (C=O) groups is 1. The molecule has 0 aliphatic carbocycles. The Hall–Kier alpha value is -4.06. The molecule has 5 rings (SSSR count). The summed E-state index contributed by atoms with van der Waals surface area (Å²) in [6.07, 6.45) is 5.92. The minimum atomic E-state index is 0.107. The van der Waals surface area contributed by atoms with Crippen molar-refractivity contribution in [2.24, 2.45) is 0 Å². The number of hydrogen-bond acceptors (Lipinski definition) is 4. The van der Waals surface area contributed by atoms with Crippen molar-refractivity contribution < 1.29 is 14.3 Å². The normalized spacial score (nSPS) is 15.2. The molecule has 1 amide bonds. The molecule has 1 aliphatic heterocycles. The van der Waals surface area contributed by atoms with Crippen LogP contribution in [0, 0.1) is 0 Å². The van der Waals surface area contributed by atoms with Crippen LogP contribution in [0.2, 0.25) is 0 Å². The molecular formula is C33H37N3O3. The van der Waals surface area contributed by atoms with E-state index in [1.54, 1.807) is 7.11 Å². The topological polar surface area (TPSA) is 56.6 Å². The number of benzene rings is 3. The van der Waals surface area contributed by atoms with Gasteiger partial charge in [0.25, 0.3) is 0 Å². The van der Waals surface area contributed by atoms with E-state index < -0.39 is 0 Å². The monoisotopic (exact) mass is 523 g/mol. The highest BCUT2D eigenvalue weighted by atomic mass is 16.5. The van der Waals surface area contributed by atoms with Gasteiger partial charge in [-0.15, -0.1) is 6.58 Å². The summed E-state index contributed by atoms with van der Waals surface area (Å²) in [5, 5.41) is 0. The van der Waals surface area contributed by atoms with Gasteiger partial charge < -0.3 is 18.9 Å².